The second-order valence-electron chi connectivity index (χ2n) is 5.14. The molecule has 1 aliphatic rings. The summed E-state index contributed by atoms with van der Waals surface area (Å²) in [6.45, 7) is -1.95. The van der Waals surface area contributed by atoms with Gasteiger partial charge in [-0.05, 0) is 29.3 Å². The highest BCUT2D eigenvalue weighted by molar-refractivity contribution is 5.69. The van der Waals surface area contributed by atoms with E-state index in [0.29, 0.717) is 30.8 Å². The Kier molecular flexibility index (Phi) is 4.54. The van der Waals surface area contributed by atoms with E-state index in [1.807, 2.05) is 0 Å². The molecule has 2 aromatic rings. The third-order valence-corrected chi connectivity index (χ3v) is 3.49. The molecule has 1 saturated heterocycles. The molecule has 0 unspecified atom stereocenters. The average molecular weight is 338 g/mol. The Morgan fingerprint density at radius 2 is 2.08 bits per heavy atom. The summed E-state index contributed by atoms with van der Waals surface area (Å²) in [4.78, 5) is 17.1. The highest BCUT2D eigenvalue weighted by atomic mass is 19.3. The predicted molar refractivity (Wildman–Crippen MR) is 78.0 cm³/mol. The van der Waals surface area contributed by atoms with E-state index in [1.54, 1.807) is 12.3 Å². The first-order chi connectivity index (χ1) is 11.5. The number of ether oxygens (including phenoxy) is 2. The summed E-state index contributed by atoms with van der Waals surface area (Å²) in [5.74, 6) is -1.40. The molecule has 0 bridgehead atoms. The fourth-order valence-corrected chi connectivity index (χ4v) is 2.39. The molecule has 1 amide bonds. The summed E-state index contributed by atoms with van der Waals surface area (Å²) in [6.07, 6.45) is 2.72. The van der Waals surface area contributed by atoms with Gasteiger partial charge >= 0.3 is 12.7 Å². The van der Waals surface area contributed by atoms with Crippen LogP contribution in [0.2, 0.25) is 0 Å². The number of cyclic esters (lactones) is 1. The standard InChI is InChI=1S/C16H13F3N2O3/c17-13-2-1-11(6-14(13)24-15(18)19)12-5-10(7-20-8-12)9-21-3-4-23-16(21)22/h1-2,5-8,15H,3-4,9H2. The minimum absolute atomic E-state index is 0.321. The molecule has 24 heavy (non-hydrogen) atoms. The Hall–Kier alpha value is -2.77. The minimum atomic E-state index is -3.11. The lowest BCUT2D eigenvalue weighted by atomic mass is 10.1. The second kappa shape index (κ2) is 6.77. The third-order valence-electron chi connectivity index (χ3n) is 3.49. The third kappa shape index (κ3) is 3.58. The van der Waals surface area contributed by atoms with E-state index in [9.17, 15) is 18.0 Å². The fraction of sp³-hybridized carbons (Fsp3) is 0.250. The van der Waals surface area contributed by atoms with E-state index >= 15 is 0 Å². The molecular weight excluding hydrogens is 325 g/mol. The molecule has 126 valence electrons. The van der Waals surface area contributed by atoms with Crippen LogP contribution in [0.3, 0.4) is 0 Å². The maximum Gasteiger partial charge on any atom is 0.410 e. The molecule has 0 atom stereocenters. The topological polar surface area (TPSA) is 51.7 Å². The molecule has 1 fully saturated rings. The SMILES string of the molecule is O=C1OCCN1Cc1cncc(-c2ccc(F)c(OC(F)F)c2)c1. The monoisotopic (exact) mass is 338 g/mol. The van der Waals surface area contributed by atoms with Gasteiger partial charge in [0.2, 0.25) is 0 Å². The summed E-state index contributed by atoms with van der Waals surface area (Å²) >= 11 is 0. The predicted octanol–water partition coefficient (Wildman–Crippen LogP) is 3.44. The molecular formula is C16H13F3N2O3. The van der Waals surface area contributed by atoms with Gasteiger partial charge in [0.25, 0.3) is 0 Å². The molecule has 2 heterocycles. The van der Waals surface area contributed by atoms with Crippen LogP contribution < -0.4 is 4.74 Å². The van der Waals surface area contributed by atoms with Crippen LogP contribution in [-0.4, -0.2) is 35.7 Å². The van der Waals surface area contributed by atoms with E-state index in [-0.39, 0.29) is 0 Å². The van der Waals surface area contributed by atoms with Crippen LogP contribution in [0.1, 0.15) is 5.56 Å². The van der Waals surface area contributed by atoms with Gasteiger partial charge in [0.15, 0.2) is 11.6 Å². The van der Waals surface area contributed by atoms with Crippen LogP contribution in [0.4, 0.5) is 18.0 Å². The van der Waals surface area contributed by atoms with Gasteiger partial charge in [-0.2, -0.15) is 8.78 Å². The number of aromatic nitrogens is 1. The molecule has 0 N–H and O–H groups in total. The number of amides is 1. The summed E-state index contributed by atoms with van der Waals surface area (Å²) in [6, 6.07) is 5.43. The van der Waals surface area contributed by atoms with Gasteiger partial charge in [0.05, 0.1) is 13.1 Å². The summed E-state index contributed by atoms with van der Waals surface area (Å²) in [7, 11) is 0. The molecule has 1 aromatic heterocycles. The lowest BCUT2D eigenvalue weighted by Gasteiger charge is -2.13. The number of nitrogens with zero attached hydrogens (tertiary/aromatic N) is 2. The lowest BCUT2D eigenvalue weighted by Crippen LogP contribution is -2.23. The van der Waals surface area contributed by atoms with Gasteiger partial charge < -0.3 is 14.4 Å². The molecule has 0 radical (unpaired) electrons. The molecule has 5 nitrogen and oxygen atoms in total. The van der Waals surface area contributed by atoms with Crippen molar-refractivity contribution in [3.05, 3.63) is 48.0 Å². The number of alkyl halides is 2. The fourth-order valence-electron chi connectivity index (χ4n) is 2.39. The van der Waals surface area contributed by atoms with Crippen LogP contribution in [0.5, 0.6) is 5.75 Å². The number of hydrogen-bond acceptors (Lipinski definition) is 4. The van der Waals surface area contributed by atoms with Crippen molar-refractivity contribution >= 4 is 6.09 Å². The van der Waals surface area contributed by atoms with Crippen LogP contribution in [-0.2, 0) is 11.3 Å². The zero-order chi connectivity index (χ0) is 17.1. The number of halogens is 3. The summed E-state index contributed by atoms with van der Waals surface area (Å²) in [5.41, 5.74) is 1.82. The summed E-state index contributed by atoms with van der Waals surface area (Å²) in [5, 5.41) is 0. The van der Waals surface area contributed by atoms with Gasteiger partial charge in [-0.25, -0.2) is 9.18 Å². The van der Waals surface area contributed by atoms with Crippen molar-refractivity contribution in [1.29, 1.82) is 0 Å². The number of rotatable bonds is 5. The first kappa shape index (κ1) is 16.1. The van der Waals surface area contributed by atoms with Gasteiger partial charge in [-0.1, -0.05) is 6.07 Å². The maximum atomic E-state index is 13.5. The van der Waals surface area contributed by atoms with Crippen LogP contribution in [0, 0.1) is 5.82 Å². The maximum absolute atomic E-state index is 13.5. The molecule has 0 spiro atoms. The number of carbonyl (C=O) groups excluding carboxylic acids is 1. The van der Waals surface area contributed by atoms with Crippen molar-refractivity contribution < 1.29 is 27.4 Å². The molecule has 0 saturated carbocycles. The van der Waals surface area contributed by atoms with E-state index in [1.165, 1.54) is 23.2 Å². The van der Waals surface area contributed by atoms with Gasteiger partial charge in [0, 0.05) is 18.0 Å². The van der Waals surface area contributed by atoms with Gasteiger partial charge in [-0.15, -0.1) is 0 Å². The Bertz CT molecular complexity index is 755. The van der Waals surface area contributed by atoms with Crippen molar-refractivity contribution in [1.82, 2.24) is 9.88 Å². The number of benzene rings is 1. The number of pyridine rings is 1. The first-order valence-corrected chi connectivity index (χ1v) is 7.13. The average Bonchev–Trinajstić information content (AvgIpc) is 2.94. The quantitative estimate of drug-likeness (QED) is 0.838. The lowest BCUT2D eigenvalue weighted by molar-refractivity contribution is -0.0521. The molecule has 3 rings (SSSR count). The van der Waals surface area contributed by atoms with Gasteiger partial charge in [-0.3, -0.25) is 4.98 Å². The van der Waals surface area contributed by atoms with E-state index in [2.05, 4.69) is 9.72 Å². The van der Waals surface area contributed by atoms with Crippen LogP contribution in [0.15, 0.2) is 36.7 Å². The Morgan fingerprint density at radius 3 is 2.79 bits per heavy atom. The Balaban J connectivity index is 1.84. The Morgan fingerprint density at radius 1 is 1.25 bits per heavy atom. The van der Waals surface area contributed by atoms with Crippen molar-refractivity contribution in [3.8, 4) is 16.9 Å². The summed E-state index contributed by atoms with van der Waals surface area (Å²) < 4.78 is 47.1. The smallest absolute Gasteiger partial charge is 0.410 e. The second-order valence-corrected chi connectivity index (χ2v) is 5.14. The zero-order valence-corrected chi connectivity index (χ0v) is 12.4. The number of hydrogen-bond donors (Lipinski definition) is 0. The van der Waals surface area contributed by atoms with Crippen LogP contribution in [0.25, 0.3) is 11.1 Å². The Labute approximate surface area is 135 Å². The highest BCUT2D eigenvalue weighted by Gasteiger charge is 2.22. The van der Waals surface area contributed by atoms with E-state index < -0.39 is 24.3 Å². The minimum Gasteiger partial charge on any atom is -0.448 e. The molecule has 1 aromatic carbocycles. The van der Waals surface area contributed by atoms with Crippen molar-refractivity contribution in [2.24, 2.45) is 0 Å². The molecule has 1 aliphatic heterocycles. The van der Waals surface area contributed by atoms with Crippen molar-refractivity contribution in [2.45, 2.75) is 13.2 Å². The van der Waals surface area contributed by atoms with Crippen LogP contribution >= 0.6 is 0 Å². The largest absolute Gasteiger partial charge is 0.448 e. The van der Waals surface area contributed by atoms with Crippen molar-refractivity contribution in [3.63, 3.8) is 0 Å². The normalized spacial score (nSPS) is 14.2. The highest BCUT2D eigenvalue weighted by Crippen LogP contribution is 2.28. The molecule has 0 aliphatic carbocycles. The van der Waals surface area contributed by atoms with E-state index in [4.69, 9.17) is 4.74 Å². The first-order valence-electron chi connectivity index (χ1n) is 7.13. The van der Waals surface area contributed by atoms with E-state index in [0.717, 1.165) is 11.6 Å². The number of carbonyl (C=O) groups is 1. The van der Waals surface area contributed by atoms with Gasteiger partial charge in [0.1, 0.15) is 6.61 Å². The zero-order valence-electron chi connectivity index (χ0n) is 12.4. The molecule has 8 heteroatoms. The van der Waals surface area contributed by atoms with Crippen molar-refractivity contribution in [2.75, 3.05) is 13.2 Å².